The number of hydrogen-bond donors (Lipinski definition) is 1. The van der Waals surface area contributed by atoms with Crippen LogP contribution in [0.25, 0.3) is 0 Å². The summed E-state index contributed by atoms with van der Waals surface area (Å²) in [5.41, 5.74) is 0.419. The van der Waals surface area contributed by atoms with Crippen molar-refractivity contribution in [3.63, 3.8) is 0 Å². The van der Waals surface area contributed by atoms with Gasteiger partial charge in [0, 0.05) is 18.7 Å². The minimum atomic E-state index is -3.69. The molecule has 8 nitrogen and oxygen atoms in total. The first-order chi connectivity index (χ1) is 13.2. The van der Waals surface area contributed by atoms with Crippen molar-refractivity contribution in [3.8, 4) is 0 Å². The molecule has 2 heterocycles. The summed E-state index contributed by atoms with van der Waals surface area (Å²) >= 11 is 0. The molecule has 1 aromatic carbocycles. The fraction of sp³-hybridized carbons (Fsp3) is 0.526. The molecule has 1 amide bonds. The number of hydrogen-bond acceptors (Lipinski definition) is 6. The molecular weight excluding hydrogens is 382 g/mol. The lowest BCUT2D eigenvalue weighted by molar-refractivity contribution is -0.160. The molecule has 0 aromatic heterocycles. The van der Waals surface area contributed by atoms with Crippen LogP contribution in [0, 0.1) is 5.92 Å². The molecule has 0 aliphatic carbocycles. The Kier molecular flexibility index (Phi) is 5.74. The van der Waals surface area contributed by atoms with Crippen molar-refractivity contribution < 1.29 is 22.7 Å². The Morgan fingerprint density at radius 3 is 2.43 bits per heavy atom. The van der Waals surface area contributed by atoms with Gasteiger partial charge in [0.2, 0.25) is 0 Å². The lowest BCUT2D eigenvalue weighted by atomic mass is 10.0. The van der Waals surface area contributed by atoms with Gasteiger partial charge in [0.15, 0.2) is 12.1 Å². The minimum Gasteiger partial charge on any atom is -0.451 e. The SMILES string of the molecule is CC(C)[C@H](N=C1NS(=O)(=O)c2ccccc21)C(=O)O[C@@H](C)C(=O)N1CCCC1. The summed E-state index contributed by atoms with van der Waals surface area (Å²) in [6, 6.07) is 5.52. The molecule has 0 bridgehead atoms. The van der Waals surface area contributed by atoms with Crippen molar-refractivity contribution in [1.82, 2.24) is 9.62 Å². The number of amidine groups is 1. The van der Waals surface area contributed by atoms with Crippen LogP contribution < -0.4 is 4.72 Å². The van der Waals surface area contributed by atoms with Gasteiger partial charge in [-0.2, -0.15) is 0 Å². The van der Waals surface area contributed by atoms with Crippen LogP contribution in [0.1, 0.15) is 39.2 Å². The normalized spacial score (nSPS) is 21.3. The first-order valence-electron chi connectivity index (χ1n) is 9.40. The zero-order valence-corrected chi connectivity index (χ0v) is 17.0. The van der Waals surface area contributed by atoms with Gasteiger partial charge in [0.25, 0.3) is 15.9 Å². The number of carbonyl (C=O) groups is 2. The molecule has 2 aliphatic heterocycles. The summed E-state index contributed by atoms with van der Waals surface area (Å²) in [7, 11) is -3.69. The largest absolute Gasteiger partial charge is 0.451 e. The number of esters is 1. The highest BCUT2D eigenvalue weighted by Gasteiger charge is 2.34. The average Bonchev–Trinajstić information content (AvgIpc) is 3.26. The van der Waals surface area contributed by atoms with Crippen molar-refractivity contribution in [2.24, 2.45) is 10.9 Å². The summed E-state index contributed by atoms with van der Waals surface area (Å²) in [4.78, 5) is 31.3. The van der Waals surface area contributed by atoms with Crippen molar-refractivity contribution in [3.05, 3.63) is 29.8 Å². The Morgan fingerprint density at radius 1 is 1.14 bits per heavy atom. The maximum absolute atomic E-state index is 12.7. The second-order valence-corrected chi connectivity index (χ2v) is 9.03. The van der Waals surface area contributed by atoms with Crippen molar-refractivity contribution in [1.29, 1.82) is 0 Å². The topological polar surface area (TPSA) is 105 Å². The van der Waals surface area contributed by atoms with E-state index in [0.29, 0.717) is 18.7 Å². The Bertz CT molecular complexity index is 904. The van der Waals surface area contributed by atoms with Gasteiger partial charge in [-0.25, -0.2) is 13.2 Å². The van der Waals surface area contributed by atoms with Crippen LogP contribution in [-0.2, 0) is 24.3 Å². The molecule has 1 saturated heterocycles. The van der Waals surface area contributed by atoms with Crippen LogP contribution in [0.2, 0.25) is 0 Å². The predicted molar refractivity (Wildman–Crippen MR) is 103 cm³/mol. The van der Waals surface area contributed by atoms with Crippen LogP contribution in [-0.4, -0.2) is 56.3 Å². The van der Waals surface area contributed by atoms with E-state index in [-0.39, 0.29) is 22.6 Å². The summed E-state index contributed by atoms with van der Waals surface area (Å²) in [6.07, 6.45) is 1.00. The maximum atomic E-state index is 12.7. The van der Waals surface area contributed by atoms with Gasteiger partial charge in [0.1, 0.15) is 5.84 Å². The number of aliphatic imine (C=N–C) groups is 1. The number of rotatable bonds is 5. The third-order valence-electron chi connectivity index (χ3n) is 4.86. The minimum absolute atomic E-state index is 0.116. The lowest BCUT2D eigenvalue weighted by Gasteiger charge is -2.23. The first kappa shape index (κ1) is 20.3. The van der Waals surface area contributed by atoms with E-state index in [1.807, 2.05) is 0 Å². The molecule has 1 N–H and O–H groups in total. The Morgan fingerprint density at radius 2 is 1.79 bits per heavy atom. The fourth-order valence-corrected chi connectivity index (χ4v) is 4.57. The van der Waals surface area contributed by atoms with Gasteiger partial charge >= 0.3 is 5.97 Å². The van der Waals surface area contributed by atoms with Crippen LogP contribution in [0.15, 0.2) is 34.2 Å². The molecule has 9 heteroatoms. The van der Waals surface area contributed by atoms with Crippen LogP contribution >= 0.6 is 0 Å². The Hall–Kier alpha value is -2.42. The lowest BCUT2D eigenvalue weighted by Crippen LogP contribution is -2.41. The van der Waals surface area contributed by atoms with E-state index in [2.05, 4.69) is 9.71 Å². The molecule has 152 valence electrons. The molecule has 3 rings (SSSR count). The highest BCUT2D eigenvalue weighted by Crippen LogP contribution is 2.24. The highest BCUT2D eigenvalue weighted by atomic mass is 32.2. The van der Waals surface area contributed by atoms with Gasteiger partial charge in [-0.1, -0.05) is 26.0 Å². The summed E-state index contributed by atoms with van der Waals surface area (Å²) in [5, 5.41) is 0. The fourth-order valence-electron chi connectivity index (χ4n) is 3.33. The van der Waals surface area contributed by atoms with Crippen LogP contribution in [0.3, 0.4) is 0 Å². The standard InChI is InChI=1S/C19H25N3O5S/c1-12(2)16(19(24)27-13(3)18(23)22-10-6-7-11-22)20-17-14-8-4-5-9-15(14)28(25,26)21-17/h4-5,8-9,12-13,16H,6-7,10-11H2,1-3H3,(H,20,21)/t13-,16-/m0/s1. The van der Waals surface area contributed by atoms with E-state index in [0.717, 1.165) is 12.8 Å². The van der Waals surface area contributed by atoms with Crippen molar-refractivity contribution in [2.75, 3.05) is 13.1 Å². The first-order valence-corrected chi connectivity index (χ1v) is 10.9. The number of nitrogens with one attached hydrogen (secondary N) is 1. The van der Waals surface area contributed by atoms with Gasteiger partial charge in [-0.15, -0.1) is 0 Å². The number of ether oxygens (including phenoxy) is 1. The molecule has 1 fully saturated rings. The summed E-state index contributed by atoms with van der Waals surface area (Å²) in [5.74, 6) is -0.991. The zero-order valence-electron chi connectivity index (χ0n) is 16.2. The van der Waals surface area contributed by atoms with Gasteiger partial charge in [-0.05, 0) is 37.8 Å². The van der Waals surface area contributed by atoms with Crippen molar-refractivity contribution >= 4 is 27.7 Å². The zero-order chi connectivity index (χ0) is 20.5. The number of nitrogens with zero attached hydrogens (tertiary/aromatic N) is 2. The third kappa shape index (κ3) is 4.04. The van der Waals surface area contributed by atoms with E-state index in [4.69, 9.17) is 4.74 Å². The molecule has 0 spiro atoms. The van der Waals surface area contributed by atoms with E-state index in [1.165, 1.54) is 6.07 Å². The number of amides is 1. The summed E-state index contributed by atoms with van der Waals surface area (Å²) < 4.78 is 32.3. The summed E-state index contributed by atoms with van der Waals surface area (Å²) in [6.45, 7) is 6.48. The molecule has 1 aromatic rings. The van der Waals surface area contributed by atoms with E-state index >= 15 is 0 Å². The Labute approximate surface area is 165 Å². The number of carbonyl (C=O) groups excluding carboxylic acids is 2. The molecule has 0 unspecified atom stereocenters. The second kappa shape index (κ2) is 7.90. The molecule has 28 heavy (non-hydrogen) atoms. The molecular formula is C19H25N3O5S. The monoisotopic (exact) mass is 407 g/mol. The van der Waals surface area contributed by atoms with Gasteiger partial charge < -0.3 is 9.64 Å². The number of likely N-dealkylation sites (tertiary alicyclic amines) is 1. The van der Waals surface area contributed by atoms with E-state index in [9.17, 15) is 18.0 Å². The number of benzene rings is 1. The number of fused-ring (bicyclic) bond motifs is 1. The quantitative estimate of drug-likeness (QED) is 0.741. The molecule has 2 atom stereocenters. The number of sulfonamides is 1. The second-order valence-electron chi connectivity index (χ2n) is 7.38. The predicted octanol–water partition coefficient (Wildman–Crippen LogP) is 1.30. The van der Waals surface area contributed by atoms with E-state index in [1.54, 1.807) is 43.9 Å². The smallest absolute Gasteiger partial charge is 0.331 e. The maximum Gasteiger partial charge on any atom is 0.331 e. The molecule has 2 aliphatic rings. The van der Waals surface area contributed by atoms with Gasteiger partial charge in [-0.3, -0.25) is 14.5 Å². The third-order valence-corrected chi connectivity index (χ3v) is 6.26. The highest BCUT2D eigenvalue weighted by molar-refractivity contribution is 7.90. The Balaban J connectivity index is 1.79. The van der Waals surface area contributed by atoms with Crippen LogP contribution in [0.4, 0.5) is 0 Å². The van der Waals surface area contributed by atoms with Crippen molar-refractivity contribution in [2.45, 2.75) is 50.7 Å². The molecule has 0 radical (unpaired) electrons. The average molecular weight is 407 g/mol. The van der Waals surface area contributed by atoms with Gasteiger partial charge in [0.05, 0.1) is 4.90 Å². The van der Waals surface area contributed by atoms with Crippen LogP contribution in [0.5, 0.6) is 0 Å². The van der Waals surface area contributed by atoms with E-state index < -0.39 is 28.1 Å². The molecule has 0 saturated carbocycles.